The van der Waals surface area contributed by atoms with Gasteiger partial charge in [0.2, 0.25) is 0 Å². The Labute approximate surface area is 131 Å². The molecule has 1 aromatic carbocycles. The van der Waals surface area contributed by atoms with E-state index >= 15 is 0 Å². The molecule has 1 saturated carbocycles. The number of nitrogens with zero attached hydrogens (tertiary/aromatic N) is 1. The third-order valence-electron chi connectivity index (χ3n) is 4.79. The van der Waals surface area contributed by atoms with E-state index in [2.05, 4.69) is 57.3 Å². The first-order valence-electron chi connectivity index (χ1n) is 7.96. The minimum absolute atomic E-state index is 0.547. The molecule has 1 aromatic rings. The molecule has 1 aliphatic heterocycles. The van der Waals surface area contributed by atoms with E-state index in [9.17, 15) is 0 Å². The first-order valence-corrected chi connectivity index (χ1v) is 8.75. The van der Waals surface area contributed by atoms with Crippen LogP contribution >= 0.6 is 15.9 Å². The number of piperidine rings is 1. The van der Waals surface area contributed by atoms with Crippen molar-refractivity contribution in [3.63, 3.8) is 0 Å². The summed E-state index contributed by atoms with van der Waals surface area (Å²) < 4.78 is 1.17. The van der Waals surface area contributed by atoms with E-state index in [1.165, 1.54) is 55.4 Å². The molecule has 110 valence electrons. The van der Waals surface area contributed by atoms with Gasteiger partial charge in [0.15, 0.2) is 0 Å². The molecule has 0 spiro atoms. The number of nitrogens with one attached hydrogen (secondary N) is 1. The summed E-state index contributed by atoms with van der Waals surface area (Å²) in [6.07, 6.45) is 5.48. The molecule has 1 heterocycles. The second-order valence-electron chi connectivity index (χ2n) is 6.35. The summed E-state index contributed by atoms with van der Waals surface area (Å²) >= 11 is 3.53. The number of halogens is 1. The van der Waals surface area contributed by atoms with E-state index in [0.29, 0.717) is 6.04 Å². The van der Waals surface area contributed by atoms with E-state index in [-0.39, 0.29) is 0 Å². The minimum atomic E-state index is 0.547. The van der Waals surface area contributed by atoms with E-state index in [0.717, 1.165) is 12.0 Å². The normalized spacial score (nSPS) is 22.1. The van der Waals surface area contributed by atoms with Crippen molar-refractivity contribution in [2.75, 3.05) is 19.6 Å². The summed E-state index contributed by atoms with van der Waals surface area (Å²) in [6, 6.07) is 10.3. The van der Waals surface area contributed by atoms with Crippen molar-refractivity contribution in [2.24, 2.45) is 5.92 Å². The molecule has 1 atom stereocenters. The summed E-state index contributed by atoms with van der Waals surface area (Å²) in [7, 11) is 0. The highest BCUT2D eigenvalue weighted by Gasteiger charge is 2.34. The lowest BCUT2D eigenvalue weighted by Gasteiger charge is -2.34. The topological polar surface area (TPSA) is 15.3 Å². The van der Waals surface area contributed by atoms with Gasteiger partial charge >= 0.3 is 0 Å². The van der Waals surface area contributed by atoms with E-state index < -0.39 is 0 Å². The third kappa shape index (κ3) is 3.63. The zero-order valence-electron chi connectivity index (χ0n) is 12.3. The quantitative estimate of drug-likeness (QED) is 0.874. The molecule has 3 rings (SSSR count). The molecule has 1 N–H and O–H groups in total. The van der Waals surface area contributed by atoms with Crippen LogP contribution in [0.3, 0.4) is 0 Å². The summed E-state index contributed by atoms with van der Waals surface area (Å²) in [5.41, 5.74) is 1.45. The molecule has 0 aromatic heterocycles. The zero-order valence-corrected chi connectivity index (χ0v) is 13.9. The smallest absolute Gasteiger partial charge is 0.0322 e. The van der Waals surface area contributed by atoms with Crippen LogP contribution in [0, 0.1) is 5.92 Å². The fraction of sp³-hybridized carbons (Fsp3) is 0.647. The second kappa shape index (κ2) is 6.59. The Morgan fingerprint density at radius 3 is 2.40 bits per heavy atom. The van der Waals surface area contributed by atoms with Gasteiger partial charge in [-0.3, -0.25) is 4.90 Å². The standard InChI is InChI=1S/C17H25BrN2/c1-13(15-2-4-16(18)5-3-15)20(17-6-7-17)12-14-8-10-19-11-9-14/h2-5,13-14,17,19H,6-12H2,1H3. The molecule has 1 unspecified atom stereocenters. The molecular weight excluding hydrogens is 312 g/mol. The predicted molar refractivity (Wildman–Crippen MR) is 87.9 cm³/mol. The monoisotopic (exact) mass is 336 g/mol. The first kappa shape index (κ1) is 14.6. The Bertz CT molecular complexity index is 421. The molecule has 2 fully saturated rings. The van der Waals surface area contributed by atoms with Crippen molar-refractivity contribution in [3.05, 3.63) is 34.3 Å². The molecule has 1 aliphatic carbocycles. The average molecular weight is 337 g/mol. The molecule has 2 aliphatic rings. The van der Waals surface area contributed by atoms with Gasteiger partial charge in [0.1, 0.15) is 0 Å². The van der Waals surface area contributed by atoms with Gasteiger partial charge in [-0.05, 0) is 69.3 Å². The Hall–Kier alpha value is -0.380. The molecule has 0 bridgehead atoms. The van der Waals surface area contributed by atoms with Crippen LogP contribution in [-0.4, -0.2) is 30.6 Å². The average Bonchev–Trinajstić information content (AvgIpc) is 3.30. The maximum absolute atomic E-state index is 3.53. The fourth-order valence-electron chi connectivity index (χ4n) is 3.32. The Balaban J connectivity index is 1.67. The van der Waals surface area contributed by atoms with Gasteiger partial charge in [0.25, 0.3) is 0 Å². The second-order valence-corrected chi connectivity index (χ2v) is 7.26. The number of hydrogen-bond donors (Lipinski definition) is 1. The number of benzene rings is 1. The lowest BCUT2D eigenvalue weighted by molar-refractivity contribution is 0.152. The lowest BCUT2D eigenvalue weighted by Crippen LogP contribution is -2.38. The predicted octanol–water partition coefficient (Wildman–Crippen LogP) is 3.97. The van der Waals surface area contributed by atoms with Gasteiger partial charge in [-0.2, -0.15) is 0 Å². The van der Waals surface area contributed by atoms with Crippen molar-refractivity contribution in [3.8, 4) is 0 Å². The van der Waals surface area contributed by atoms with Crippen LogP contribution in [0.25, 0.3) is 0 Å². The lowest BCUT2D eigenvalue weighted by atomic mass is 9.96. The van der Waals surface area contributed by atoms with Crippen LogP contribution in [0.2, 0.25) is 0 Å². The van der Waals surface area contributed by atoms with E-state index in [4.69, 9.17) is 0 Å². The van der Waals surface area contributed by atoms with Crippen LogP contribution < -0.4 is 5.32 Å². The van der Waals surface area contributed by atoms with Crippen LogP contribution in [0.4, 0.5) is 0 Å². The molecule has 20 heavy (non-hydrogen) atoms. The van der Waals surface area contributed by atoms with Crippen LogP contribution in [-0.2, 0) is 0 Å². The molecule has 1 saturated heterocycles. The zero-order chi connectivity index (χ0) is 13.9. The maximum Gasteiger partial charge on any atom is 0.0322 e. The molecule has 0 radical (unpaired) electrons. The summed E-state index contributed by atoms with van der Waals surface area (Å²) in [4.78, 5) is 2.76. The Morgan fingerprint density at radius 1 is 1.15 bits per heavy atom. The van der Waals surface area contributed by atoms with E-state index in [1.54, 1.807) is 0 Å². The summed E-state index contributed by atoms with van der Waals surface area (Å²) in [6.45, 7) is 6.07. The minimum Gasteiger partial charge on any atom is -0.317 e. The van der Waals surface area contributed by atoms with Crippen molar-refractivity contribution in [2.45, 2.75) is 44.7 Å². The van der Waals surface area contributed by atoms with Gasteiger partial charge in [0.05, 0.1) is 0 Å². The van der Waals surface area contributed by atoms with Crippen molar-refractivity contribution in [1.29, 1.82) is 0 Å². The summed E-state index contributed by atoms with van der Waals surface area (Å²) in [5, 5.41) is 3.48. The first-order chi connectivity index (χ1) is 9.74. The molecule has 0 amide bonds. The SMILES string of the molecule is CC(c1ccc(Br)cc1)N(CC1CCNCC1)C1CC1. The van der Waals surface area contributed by atoms with Gasteiger partial charge in [-0.25, -0.2) is 0 Å². The number of hydrogen-bond acceptors (Lipinski definition) is 2. The van der Waals surface area contributed by atoms with Gasteiger partial charge in [0, 0.05) is 23.1 Å². The Morgan fingerprint density at radius 2 is 1.80 bits per heavy atom. The van der Waals surface area contributed by atoms with Crippen molar-refractivity contribution < 1.29 is 0 Å². The molecule has 2 nitrogen and oxygen atoms in total. The molecular formula is C17H25BrN2. The van der Waals surface area contributed by atoms with Crippen molar-refractivity contribution >= 4 is 15.9 Å². The van der Waals surface area contributed by atoms with Crippen molar-refractivity contribution in [1.82, 2.24) is 10.2 Å². The highest BCUT2D eigenvalue weighted by molar-refractivity contribution is 9.10. The Kier molecular flexibility index (Phi) is 4.79. The van der Waals surface area contributed by atoms with Crippen LogP contribution in [0.15, 0.2) is 28.7 Å². The van der Waals surface area contributed by atoms with Crippen LogP contribution in [0.1, 0.15) is 44.2 Å². The van der Waals surface area contributed by atoms with Gasteiger partial charge in [-0.1, -0.05) is 28.1 Å². The summed E-state index contributed by atoms with van der Waals surface area (Å²) in [5.74, 6) is 0.884. The van der Waals surface area contributed by atoms with E-state index in [1.807, 2.05) is 0 Å². The molecule has 3 heteroatoms. The van der Waals surface area contributed by atoms with Gasteiger partial charge < -0.3 is 5.32 Å². The highest BCUT2D eigenvalue weighted by Crippen LogP contribution is 2.36. The maximum atomic E-state index is 3.53. The fourth-order valence-corrected chi connectivity index (χ4v) is 3.59. The number of rotatable bonds is 5. The largest absolute Gasteiger partial charge is 0.317 e. The van der Waals surface area contributed by atoms with Crippen LogP contribution in [0.5, 0.6) is 0 Å². The third-order valence-corrected chi connectivity index (χ3v) is 5.32. The highest BCUT2D eigenvalue weighted by atomic mass is 79.9. The van der Waals surface area contributed by atoms with Gasteiger partial charge in [-0.15, -0.1) is 0 Å².